The Morgan fingerprint density at radius 3 is 2.50 bits per heavy atom. The summed E-state index contributed by atoms with van der Waals surface area (Å²) in [5.74, 6) is -0.0267. The van der Waals surface area contributed by atoms with Gasteiger partial charge in [0, 0.05) is 16.3 Å². The number of aryl methyl sites for hydroxylation is 2. The summed E-state index contributed by atoms with van der Waals surface area (Å²) in [5.41, 5.74) is 5.56. The Morgan fingerprint density at radius 2 is 1.65 bits per heavy atom. The van der Waals surface area contributed by atoms with Crippen LogP contribution in [-0.4, -0.2) is 22.7 Å². The van der Waals surface area contributed by atoms with Crippen LogP contribution in [0.5, 0.6) is 5.75 Å². The highest BCUT2D eigenvalue weighted by molar-refractivity contribution is 6.02. The molecule has 5 aromatic rings. The summed E-state index contributed by atoms with van der Waals surface area (Å²) in [5, 5.41) is 12.9. The van der Waals surface area contributed by atoms with E-state index >= 15 is 0 Å². The van der Waals surface area contributed by atoms with Gasteiger partial charge in [-0.15, -0.1) is 0 Å². The number of nitrogens with one attached hydrogen (secondary N) is 1. The van der Waals surface area contributed by atoms with Gasteiger partial charge in [0.15, 0.2) is 0 Å². The van der Waals surface area contributed by atoms with E-state index in [2.05, 4.69) is 54.4 Å². The first kappa shape index (κ1) is 21.8. The number of aromatic amines is 1. The number of rotatable bonds is 8. The summed E-state index contributed by atoms with van der Waals surface area (Å²) in [4.78, 5) is 14.8. The zero-order valence-electron chi connectivity index (χ0n) is 19.2. The number of carbonyl (C=O) groups is 1. The minimum atomic E-state index is -0.943. The molecule has 34 heavy (non-hydrogen) atoms. The van der Waals surface area contributed by atoms with E-state index in [-0.39, 0.29) is 5.69 Å². The fourth-order valence-electron chi connectivity index (χ4n) is 4.63. The molecule has 0 aliphatic heterocycles. The first-order valence-electron chi connectivity index (χ1n) is 11.7. The highest BCUT2D eigenvalue weighted by atomic mass is 16.5. The first-order chi connectivity index (χ1) is 16.6. The van der Waals surface area contributed by atoms with Crippen molar-refractivity contribution in [3.8, 4) is 16.9 Å². The first-order valence-corrected chi connectivity index (χ1v) is 11.7. The summed E-state index contributed by atoms with van der Waals surface area (Å²) in [6.07, 6.45) is 2.73. The lowest BCUT2D eigenvalue weighted by Crippen LogP contribution is -1.99. The van der Waals surface area contributed by atoms with Gasteiger partial charge in [-0.1, -0.05) is 72.8 Å². The third kappa shape index (κ3) is 4.27. The molecule has 0 bridgehead atoms. The van der Waals surface area contributed by atoms with Crippen molar-refractivity contribution in [3.63, 3.8) is 0 Å². The molecule has 0 amide bonds. The second-order valence-electron chi connectivity index (χ2n) is 8.65. The Labute approximate surface area is 198 Å². The van der Waals surface area contributed by atoms with Crippen LogP contribution in [0.15, 0.2) is 84.9 Å². The number of unbranched alkanes of at least 4 members (excludes halogenated alkanes) is 1. The van der Waals surface area contributed by atoms with Gasteiger partial charge in [-0.3, -0.25) is 0 Å². The van der Waals surface area contributed by atoms with Crippen molar-refractivity contribution in [2.75, 3.05) is 6.61 Å². The lowest BCUT2D eigenvalue weighted by Gasteiger charge is -2.11. The number of aromatic nitrogens is 1. The third-order valence-corrected chi connectivity index (χ3v) is 6.40. The molecule has 0 unspecified atom stereocenters. The smallest absolute Gasteiger partial charge is 0.352 e. The number of aromatic carboxylic acids is 1. The number of carboxylic acids is 1. The molecule has 0 spiro atoms. The van der Waals surface area contributed by atoms with E-state index < -0.39 is 5.97 Å². The number of ether oxygens (including phenoxy) is 1. The molecule has 2 N–H and O–H groups in total. The largest absolute Gasteiger partial charge is 0.493 e. The van der Waals surface area contributed by atoms with E-state index in [1.165, 1.54) is 5.39 Å². The van der Waals surface area contributed by atoms with Gasteiger partial charge in [-0.2, -0.15) is 0 Å². The van der Waals surface area contributed by atoms with E-state index in [4.69, 9.17) is 4.74 Å². The fraction of sp³-hybridized carbons (Fsp3) is 0.167. The van der Waals surface area contributed by atoms with Crippen molar-refractivity contribution in [1.29, 1.82) is 0 Å². The molecule has 170 valence electrons. The molecule has 1 aromatic heterocycles. The highest BCUT2D eigenvalue weighted by Crippen LogP contribution is 2.33. The van der Waals surface area contributed by atoms with Crippen molar-refractivity contribution in [3.05, 3.63) is 102 Å². The molecule has 1 heterocycles. The van der Waals surface area contributed by atoms with Gasteiger partial charge in [0.2, 0.25) is 0 Å². The molecule has 4 nitrogen and oxygen atoms in total. The zero-order valence-corrected chi connectivity index (χ0v) is 19.2. The van der Waals surface area contributed by atoms with Gasteiger partial charge in [-0.05, 0) is 60.4 Å². The van der Waals surface area contributed by atoms with Crippen LogP contribution in [-0.2, 0) is 6.42 Å². The molecule has 0 radical (unpaired) electrons. The molecular formula is C30H27NO3. The van der Waals surface area contributed by atoms with E-state index in [0.29, 0.717) is 6.61 Å². The van der Waals surface area contributed by atoms with Crippen LogP contribution < -0.4 is 4.74 Å². The molecule has 5 rings (SSSR count). The van der Waals surface area contributed by atoms with Crippen molar-refractivity contribution >= 4 is 27.6 Å². The normalized spacial score (nSPS) is 11.2. The van der Waals surface area contributed by atoms with E-state index in [9.17, 15) is 9.90 Å². The molecule has 0 atom stereocenters. The van der Waals surface area contributed by atoms with Gasteiger partial charge < -0.3 is 14.8 Å². The van der Waals surface area contributed by atoms with Gasteiger partial charge in [-0.25, -0.2) is 4.79 Å². The highest BCUT2D eigenvalue weighted by Gasteiger charge is 2.15. The number of benzene rings is 4. The van der Waals surface area contributed by atoms with Crippen molar-refractivity contribution < 1.29 is 14.6 Å². The second kappa shape index (κ2) is 9.44. The van der Waals surface area contributed by atoms with E-state index in [1.54, 1.807) is 6.07 Å². The summed E-state index contributed by atoms with van der Waals surface area (Å²) in [7, 11) is 0. The Balaban J connectivity index is 1.32. The molecule has 4 aromatic carbocycles. The lowest BCUT2D eigenvalue weighted by atomic mass is 9.95. The molecule has 0 saturated heterocycles. The Bertz CT molecular complexity index is 1480. The van der Waals surface area contributed by atoms with Gasteiger partial charge in [0.1, 0.15) is 11.4 Å². The topological polar surface area (TPSA) is 62.3 Å². The van der Waals surface area contributed by atoms with Crippen molar-refractivity contribution in [2.45, 2.75) is 26.2 Å². The SMILES string of the molecule is Cc1ccccc1-c1ccc(CCCCOc2cccc3ccccc23)c2cc(C(=O)O)[nH]c12. The summed E-state index contributed by atoms with van der Waals surface area (Å²) >= 11 is 0. The van der Waals surface area contributed by atoms with Crippen LogP contribution in [0.3, 0.4) is 0 Å². The van der Waals surface area contributed by atoms with E-state index in [0.717, 1.165) is 63.6 Å². The fourth-order valence-corrected chi connectivity index (χ4v) is 4.63. The maximum Gasteiger partial charge on any atom is 0.352 e. The molecular weight excluding hydrogens is 422 g/mol. The van der Waals surface area contributed by atoms with Gasteiger partial charge >= 0.3 is 5.97 Å². The average molecular weight is 450 g/mol. The maximum absolute atomic E-state index is 11.7. The molecule has 4 heteroatoms. The third-order valence-electron chi connectivity index (χ3n) is 6.40. The summed E-state index contributed by atoms with van der Waals surface area (Å²) in [6, 6.07) is 28.6. The van der Waals surface area contributed by atoms with Crippen LogP contribution in [0.2, 0.25) is 0 Å². The van der Waals surface area contributed by atoms with E-state index in [1.807, 2.05) is 36.4 Å². The minimum absolute atomic E-state index is 0.219. The second-order valence-corrected chi connectivity index (χ2v) is 8.65. The van der Waals surface area contributed by atoms with Crippen molar-refractivity contribution in [2.24, 2.45) is 0 Å². The number of carboxylic acid groups (broad SMARTS) is 1. The predicted octanol–water partition coefficient (Wildman–Crippen LogP) is 7.40. The van der Waals surface area contributed by atoms with Crippen LogP contribution in [0, 0.1) is 6.92 Å². The van der Waals surface area contributed by atoms with Gasteiger partial charge in [0.05, 0.1) is 12.1 Å². The molecule has 0 aliphatic rings. The average Bonchev–Trinajstić information content (AvgIpc) is 3.31. The Kier molecular flexibility index (Phi) is 6.05. The Morgan fingerprint density at radius 1 is 0.853 bits per heavy atom. The quantitative estimate of drug-likeness (QED) is 0.243. The maximum atomic E-state index is 11.7. The number of H-pyrrole nitrogens is 1. The van der Waals surface area contributed by atoms with Crippen LogP contribution in [0.25, 0.3) is 32.8 Å². The lowest BCUT2D eigenvalue weighted by molar-refractivity contribution is 0.0691. The summed E-state index contributed by atoms with van der Waals surface area (Å²) in [6.45, 7) is 2.72. The number of hydrogen-bond acceptors (Lipinski definition) is 2. The molecule has 0 fully saturated rings. The van der Waals surface area contributed by atoms with Crippen LogP contribution >= 0.6 is 0 Å². The van der Waals surface area contributed by atoms with Crippen molar-refractivity contribution in [1.82, 2.24) is 4.98 Å². The van der Waals surface area contributed by atoms with Crippen LogP contribution in [0.4, 0.5) is 0 Å². The Hall–Kier alpha value is -4.05. The molecule has 0 saturated carbocycles. The summed E-state index contributed by atoms with van der Waals surface area (Å²) < 4.78 is 6.09. The molecule has 0 aliphatic carbocycles. The minimum Gasteiger partial charge on any atom is -0.493 e. The standard InChI is InChI=1S/C30H27NO3/c1-20-9-2-4-13-23(20)25-17-16-22(26-19-27(30(32)33)31-29(25)26)11-6-7-18-34-28-15-8-12-21-10-3-5-14-24(21)28/h2-5,8-10,12-17,19,31H,6-7,11,18H2,1H3,(H,32,33). The predicted molar refractivity (Wildman–Crippen MR) is 138 cm³/mol. The monoisotopic (exact) mass is 449 g/mol. The van der Waals surface area contributed by atoms with Crippen LogP contribution in [0.1, 0.15) is 34.5 Å². The van der Waals surface area contributed by atoms with Gasteiger partial charge in [0.25, 0.3) is 0 Å². The zero-order chi connectivity index (χ0) is 23.5. The number of hydrogen-bond donors (Lipinski definition) is 2. The number of fused-ring (bicyclic) bond motifs is 2.